The topological polar surface area (TPSA) is 64.3 Å². The van der Waals surface area contributed by atoms with Crippen LogP contribution in [0.1, 0.15) is 29.8 Å². The summed E-state index contributed by atoms with van der Waals surface area (Å²) >= 11 is 11.9. The summed E-state index contributed by atoms with van der Waals surface area (Å²) in [6.45, 7) is 4.68. The number of nitrogen functional groups attached to an aromatic ring is 1. The van der Waals surface area contributed by atoms with Gasteiger partial charge in [-0.25, -0.2) is 4.79 Å². The molecule has 0 aliphatic carbocycles. The Morgan fingerprint density at radius 2 is 1.71 bits per heavy atom. The van der Waals surface area contributed by atoms with Crippen molar-refractivity contribution in [2.45, 2.75) is 20.3 Å². The number of halogens is 2. The largest absolute Gasteiger partial charge is 0.465 e. The molecular weight excluding hydrogens is 347 g/mol. The SMILES string of the molecule is CC.COC(=O)c1ccc(CCNc2cc(Cl)c(Cl)cc2N)cc1. The molecule has 0 aliphatic heterocycles. The zero-order valence-electron chi connectivity index (χ0n) is 14.0. The zero-order valence-corrected chi connectivity index (χ0v) is 15.5. The van der Waals surface area contributed by atoms with E-state index in [1.165, 1.54) is 7.11 Å². The Kier molecular flexibility index (Phi) is 8.44. The lowest BCUT2D eigenvalue weighted by atomic mass is 10.1. The van der Waals surface area contributed by atoms with E-state index in [-0.39, 0.29) is 5.97 Å². The fraction of sp³-hybridized carbons (Fsp3) is 0.278. The summed E-state index contributed by atoms with van der Waals surface area (Å²) in [6.07, 6.45) is 0.779. The van der Waals surface area contributed by atoms with Crippen LogP contribution in [0.4, 0.5) is 11.4 Å². The lowest BCUT2D eigenvalue weighted by Crippen LogP contribution is -2.07. The molecule has 2 aromatic carbocycles. The van der Waals surface area contributed by atoms with Crippen molar-refractivity contribution in [1.29, 1.82) is 0 Å². The van der Waals surface area contributed by atoms with Crippen molar-refractivity contribution < 1.29 is 9.53 Å². The predicted molar refractivity (Wildman–Crippen MR) is 102 cm³/mol. The summed E-state index contributed by atoms with van der Waals surface area (Å²) in [4.78, 5) is 11.3. The van der Waals surface area contributed by atoms with Crippen LogP contribution in [0, 0.1) is 0 Å². The van der Waals surface area contributed by atoms with Gasteiger partial charge in [0.1, 0.15) is 0 Å². The van der Waals surface area contributed by atoms with E-state index in [9.17, 15) is 4.79 Å². The molecule has 0 radical (unpaired) electrons. The Morgan fingerprint density at radius 1 is 1.12 bits per heavy atom. The Morgan fingerprint density at radius 3 is 2.29 bits per heavy atom. The Bertz CT molecular complexity index is 673. The van der Waals surface area contributed by atoms with E-state index >= 15 is 0 Å². The van der Waals surface area contributed by atoms with Crippen LogP contribution in [0.15, 0.2) is 36.4 Å². The smallest absolute Gasteiger partial charge is 0.337 e. The van der Waals surface area contributed by atoms with Crippen LogP contribution >= 0.6 is 23.2 Å². The van der Waals surface area contributed by atoms with Gasteiger partial charge in [-0.3, -0.25) is 0 Å². The van der Waals surface area contributed by atoms with Crippen molar-refractivity contribution >= 4 is 40.5 Å². The van der Waals surface area contributed by atoms with Gasteiger partial charge in [-0.1, -0.05) is 49.2 Å². The molecule has 0 amide bonds. The molecule has 0 saturated carbocycles. The molecule has 0 saturated heterocycles. The Balaban J connectivity index is 0.00000139. The van der Waals surface area contributed by atoms with Gasteiger partial charge < -0.3 is 15.8 Å². The van der Waals surface area contributed by atoms with Gasteiger partial charge in [0.2, 0.25) is 0 Å². The molecule has 2 rings (SSSR count). The maximum atomic E-state index is 11.3. The highest BCUT2D eigenvalue weighted by atomic mass is 35.5. The monoisotopic (exact) mass is 368 g/mol. The lowest BCUT2D eigenvalue weighted by molar-refractivity contribution is 0.0600. The average Bonchev–Trinajstić information content (AvgIpc) is 2.61. The standard InChI is InChI=1S/C16H16Cl2N2O2.C2H6/c1-22-16(21)11-4-2-10(3-5-11)6-7-20-15-9-13(18)12(17)8-14(15)19;1-2/h2-5,8-9,20H,6-7,19H2,1H3;1-2H3. The number of ether oxygens (including phenoxy) is 1. The van der Waals surface area contributed by atoms with E-state index in [2.05, 4.69) is 10.1 Å². The number of carbonyl (C=O) groups is 1. The number of hydrogen-bond acceptors (Lipinski definition) is 4. The van der Waals surface area contributed by atoms with Gasteiger partial charge in [-0.05, 0) is 36.2 Å². The zero-order chi connectivity index (χ0) is 18.1. The van der Waals surface area contributed by atoms with Gasteiger partial charge >= 0.3 is 5.97 Å². The van der Waals surface area contributed by atoms with Crippen molar-refractivity contribution in [2.75, 3.05) is 24.7 Å². The van der Waals surface area contributed by atoms with E-state index in [0.717, 1.165) is 17.7 Å². The second kappa shape index (κ2) is 10.1. The fourth-order valence-corrected chi connectivity index (χ4v) is 2.32. The van der Waals surface area contributed by atoms with Gasteiger partial charge in [0.05, 0.1) is 34.1 Å². The highest BCUT2D eigenvalue weighted by molar-refractivity contribution is 6.42. The molecule has 4 nitrogen and oxygen atoms in total. The van der Waals surface area contributed by atoms with Gasteiger partial charge in [-0.15, -0.1) is 0 Å². The second-order valence-electron chi connectivity index (χ2n) is 4.72. The molecule has 0 aliphatic rings. The second-order valence-corrected chi connectivity index (χ2v) is 5.53. The van der Waals surface area contributed by atoms with Crippen molar-refractivity contribution in [3.63, 3.8) is 0 Å². The number of methoxy groups -OCH3 is 1. The molecule has 6 heteroatoms. The maximum Gasteiger partial charge on any atom is 0.337 e. The third kappa shape index (κ3) is 5.62. The quantitative estimate of drug-likeness (QED) is 0.572. The number of benzene rings is 2. The molecule has 0 aromatic heterocycles. The molecule has 0 bridgehead atoms. The van der Waals surface area contributed by atoms with Crippen LogP contribution in [0.5, 0.6) is 0 Å². The molecule has 0 atom stereocenters. The first-order valence-electron chi connectivity index (χ1n) is 7.67. The third-order valence-corrected chi connectivity index (χ3v) is 3.92. The number of nitrogens with one attached hydrogen (secondary N) is 1. The van der Waals surface area contributed by atoms with Gasteiger partial charge in [0.15, 0.2) is 0 Å². The van der Waals surface area contributed by atoms with Crippen molar-refractivity contribution in [3.8, 4) is 0 Å². The number of carbonyl (C=O) groups excluding carboxylic acids is 1. The number of esters is 1. The van der Waals surface area contributed by atoms with E-state index in [1.54, 1.807) is 24.3 Å². The summed E-state index contributed by atoms with van der Waals surface area (Å²) < 4.78 is 4.66. The van der Waals surface area contributed by atoms with Crippen LogP contribution < -0.4 is 11.1 Å². The first-order chi connectivity index (χ1) is 11.5. The minimum atomic E-state index is -0.340. The van der Waals surface area contributed by atoms with E-state index in [4.69, 9.17) is 28.9 Å². The minimum absolute atomic E-state index is 0.340. The summed E-state index contributed by atoms with van der Waals surface area (Å²) in [5.41, 5.74) is 8.81. The minimum Gasteiger partial charge on any atom is -0.465 e. The van der Waals surface area contributed by atoms with Crippen LogP contribution in [-0.4, -0.2) is 19.6 Å². The van der Waals surface area contributed by atoms with E-state index in [1.807, 2.05) is 26.0 Å². The predicted octanol–water partition coefficient (Wildman–Crippen LogP) is 5.04. The molecule has 0 spiro atoms. The Labute approximate surface area is 152 Å². The molecule has 0 fully saturated rings. The van der Waals surface area contributed by atoms with Gasteiger partial charge in [0, 0.05) is 6.54 Å². The fourth-order valence-electron chi connectivity index (χ4n) is 1.98. The van der Waals surface area contributed by atoms with Crippen molar-refractivity contribution in [2.24, 2.45) is 0 Å². The normalized spacial score (nSPS) is 9.71. The summed E-state index contributed by atoms with van der Waals surface area (Å²) in [7, 11) is 1.36. The third-order valence-electron chi connectivity index (χ3n) is 3.20. The Hall–Kier alpha value is -1.91. The first kappa shape index (κ1) is 20.1. The number of hydrogen-bond donors (Lipinski definition) is 2. The highest BCUT2D eigenvalue weighted by Crippen LogP contribution is 2.30. The molecule has 24 heavy (non-hydrogen) atoms. The van der Waals surface area contributed by atoms with Gasteiger partial charge in [-0.2, -0.15) is 0 Å². The van der Waals surface area contributed by atoms with E-state index in [0.29, 0.717) is 27.8 Å². The van der Waals surface area contributed by atoms with Crippen LogP contribution in [0.25, 0.3) is 0 Å². The molecule has 130 valence electrons. The van der Waals surface area contributed by atoms with Crippen molar-refractivity contribution in [3.05, 3.63) is 57.6 Å². The molecular formula is C18H22Cl2N2O2. The van der Waals surface area contributed by atoms with Crippen molar-refractivity contribution in [1.82, 2.24) is 0 Å². The number of anilines is 2. The van der Waals surface area contributed by atoms with Crippen LogP contribution in [0.2, 0.25) is 10.0 Å². The number of nitrogens with two attached hydrogens (primary N) is 1. The lowest BCUT2D eigenvalue weighted by Gasteiger charge is -2.11. The maximum absolute atomic E-state index is 11.3. The first-order valence-corrected chi connectivity index (χ1v) is 8.42. The van der Waals surface area contributed by atoms with Crippen LogP contribution in [0.3, 0.4) is 0 Å². The summed E-state index contributed by atoms with van der Waals surface area (Å²) in [5, 5.41) is 4.11. The van der Waals surface area contributed by atoms with Gasteiger partial charge in [0.25, 0.3) is 0 Å². The molecule has 0 heterocycles. The number of rotatable bonds is 5. The average molecular weight is 369 g/mol. The summed E-state index contributed by atoms with van der Waals surface area (Å²) in [5.74, 6) is -0.340. The molecule has 0 unspecified atom stereocenters. The molecule has 3 N–H and O–H groups in total. The highest BCUT2D eigenvalue weighted by Gasteiger charge is 2.06. The molecule has 2 aromatic rings. The van der Waals surface area contributed by atoms with E-state index < -0.39 is 0 Å². The van der Waals surface area contributed by atoms with Crippen LogP contribution in [-0.2, 0) is 11.2 Å². The summed E-state index contributed by atoms with van der Waals surface area (Å²) in [6, 6.07) is 10.6.